The van der Waals surface area contributed by atoms with E-state index in [2.05, 4.69) is 31.3 Å². The number of oxime groups is 1. The van der Waals surface area contributed by atoms with Crippen LogP contribution in [0.1, 0.15) is 11.5 Å². The summed E-state index contributed by atoms with van der Waals surface area (Å²) in [5, 5.41) is 12.4. The summed E-state index contributed by atoms with van der Waals surface area (Å²) in [6.45, 7) is 0.105. The average molecular weight is 393 g/mol. The van der Waals surface area contributed by atoms with E-state index in [-0.39, 0.29) is 6.61 Å². The van der Waals surface area contributed by atoms with Crippen LogP contribution in [-0.2, 0) is 11.4 Å². The highest BCUT2D eigenvalue weighted by molar-refractivity contribution is 9.10. The number of halogens is 2. The van der Waals surface area contributed by atoms with E-state index >= 15 is 0 Å². The van der Waals surface area contributed by atoms with Gasteiger partial charge in [0.25, 0.3) is 5.89 Å². The standard InChI is InChI=1S/C16H11BrClN3O2/c17-13-5-1-11(2-6-13)9-19-22-10-15-20-21-16(23-15)12-3-7-14(18)8-4-12/h1-9H,10H2/b19-9-. The Morgan fingerprint density at radius 1 is 1.09 bits per heavy atom. The van der Waals surface area contributed by atoms with Gasteiger partial charge in [-0.2, -0.15) is 0 Å². The molecule has 0 spiro atoms. The zero-order valence-corrected chi connectivity index (χ0v) is 14.2. The molecule has 0 saturated carbocycles. The summed E-state index contributed by atoms with van der Waals surface area (Å²) >= 11 is 9.22. The Hall–Kier alpha value is -2.18. The average Bonchev–Trinajstić information content (AvgIpc) is 3.03. The van der Waals surface area contributed by atoms with Crippen molar-refractivity contribution in [2.45, 2.75) is 6.61 Å². The number of rotatable bonds is 5. The second kappa shape index (κ2) is 7.39. The summed E-state index contributed by atoms with van der Waals surface area (Å²) < 4.78 is 6.52. The minimum absolute atomic E-state index is 0.105. The molecule has 5 nitrogen and oxygen atoms in total. The van der Waals surface area contributed by atoms with Gasteiger partial charge >= 0.3 is 0 Å². The lowest BCUT2D eigenvalue weighted by atomic mass is 10.2. The van der Waals surface area contributed by atoms with Gasteiger partial charge in [0.15, 0.2) is 6.61 Å². The van der Waals surface area contributed by atoms with Crippen LogP contribution < -0.4 is 0 Å². The first-order valence-corrected chi connectivity index (χ1v) is 7.87. The zero-order valence-electron chi connectivity index (χ0n) is 11.8. The van der Waals surface area contributed by atoms with Gasteiger partial charge in [-0.3, -0.25) is 0 Å². The van der Waals surface area contributed by atoms with Crippen molar-refractivity contribution >= 4 is 33.7 Å². The fourth-order valence-electron chi connectivity index (χ4n) is 1.76. The summed E-state index contributed by atoms with van der Waals surface area (Å²) in [4.78, 5) is 5.16. The van der Waals surface area contributed by atoms with Crippen LogP contribution in [-0.4, -0.2) is 16.4 Å². The molecule has 3 aromatic rings. The van der Waals surface area contributed by atoms with E-state index in [1.807, 2.05) is 36.4 Å². The van der Waals surface area contributed by atoms with E-state index in [1.165, 1.54) is 0 Å². The van der Waals surface area contributed by atoms with Gasteiger partial charge in [-0.05, 0) is 42.0 Å². The fourth-order valence-corrected chi connectivity index (χ4v) is 2.15. The van der Waals surface area contributed by atoms with Crippen molar-refractivity contribution in [3.05, 3.63) is 69.5 Å². The smallest absolute Gasteiger partial charge is 0.257 e. The Kier molecular flexibility index (Phi) is 5.05. The van der Waals surface area contributed by atoms with Crippen molar-refractivity contribution < 1.29 is 9.25 Å². The Morgan fingerprint density at radius 2 is 1.83 bits per heavy atom. The van der Waals surface area contributed by atoms with Crippen LogP contribution >= 0.6 is 27.5 Å². The van der Waals surface area contributed by atoms with Crippen molar-refractivity contribution in [1.29, 1.82) is 0 Å². The third kappa shape index (κ3) is 4.40. The molecule has 0 aliphatic rings. The quantitative estimate of drug-likeness (QED) is 0.466. The van der Waals surface area contributed by atoms with E-state index in [4.69, 9.17) is 20.9 Å². The molecule has 0 atom stereocenters. The SMILES string of the molecule is Clc1ccc(-c2nnc(CO/N=C\c3ccc(Br)cc3)o2)cc1. The van der Waals surface area contributed by atoms with Crippen LogP contribution in [0.5, 0.6) is 0 Å². The van der Waals surface area contributed by atoms with Crippen molar-refractivity contribution in [1.82, 2.24) is 10.2 Å². The molecule has 1 aromatic heterocycles. The summed E-state index contributed by atoms with van der Waals surface area (Å²) in [6, 6.07) is 14.8. The normalized spacial score (nSPS) is 11.0. The molecule has 0 radical (unpaired) electrons. The first kappa shape index (κ1) is 15.7. The molecule has 0 saturated heterocycles. The molecule has 1 heterocycles. The monoisotopic (exact) mass is 391 g/mol. The fraction of sp³-hybridized carbons (Fsp3) is 0.0625. The predicted octanol–water partition coefficient (Wildman–Crippen LogP) is 4.70. The maximum Gasteiger partial charge on any atom is 0.257 e. The first-order valence-electron chi connectivity index (χ1n) is 6.70. The lowest BCUT2D eigenvalue weighted by Gasteiger charge is -1.96. The summed E-state index contributed by atoms with van der Waals surface area (Å²) in [6.07, 6.45) is 1.61. The predicted molar refractivity (Wildman–Crippen MR) is 91.3 cm³/mol. The molecule has 3 rings (SSSR count). The van der Waals surface area contributed by atoms with Gasteiger partial charge in [0, 0.05) is 15.1 Å². The Bertz CT molecular complexity index is 801. The van der Waals surface area contributed by atoms with Crippen LogP contribution in [0, 0.1) is 0 Å². The summed E-state index contributed by atoms with van der Waals surface area (Å²) in [7, 11) is 0. The second-order valence-corrected chi connectivity index (χ2v) is 5.92. The Morgan fingerprint density at radius 3 is 2.57 bits per heavy atom. The van der Waals surface area contributed by atoms with Crippen molar-refractivity contribution in [2.24, 2.45) is 5.16 Å². The zero-order chi connectivity index (χ0) is 16.1. The molecule has 0 unspecified atom stereocenters. The van der Waals surface area contributed by atoms with Gasteiger partial charge in [0.2, 0.25) is 5.89 Å². The highest BCUT2D eigenvalue weighted by Gasteiger charge is 2.08. The number of hydrogen-bond acceptors (Lipinski definition) is 5. The maximum atomic E-state index is 5.84. The molecule has 2 aromatic carbocycles. The molecule has 0 fully saturated rings. The molecule has 0 amide bonds. The van der Waals surface area contributed by atoms with Crippen molar-refractivity contribution in [3.63, 3.8) is 0 Å². The molecule has 0 aliphatic heterocycles. The molecule has 0 N–H and O–H groups in total. The largest absolute Gasteiger partial charge is 0.417 e. The van der Waals surface area contributed by atoms with E-state index in [9.17, 15) is 0 Å². The molecule has 0 aliphatic carbocycles. The molecule has 116 valence electrons. The number of benzene rings is 2. The third-order valence-corrected chi connectivity index (χ3v) is 3.67. The second-order valence-electron chi connectivity index (χ2n) is 4.57. The number of aromatic nitrogens is 2. The summed E-state index contributed by atoms with van der Waals surface area (Å²) in [5.74, 6) is 0.764. The molecule has 0 bridgehead atoms. The van der Waals surface area contributed by atoms with Gasteiger partial charge in [-0.25, -0.2) is 0 Å². The Balaban J connectivity index is 1.57. The van der Waals surface area contributed by atoms with E-state index in [1.54, 1.807) is 18.3 Å². The van der Waals surface area contributed by atoms with E-state index in [0.717, 1.165) is 15.6 Å². The van der Waals surface area contributed by atoms with E-state index in [0.29, 0.717) is 16.8 Å². The highest BCUT2D eigenvalue weighted by atomic mass is 79.9. The van der Waals surface area contributed by atoms with Gasteiger partial charge in [0.05, 0.1) is 6.21 Å². The van der Waals surface area contributed by atoms with Crippen LogP contribution in [0.2, 0.25) is 5.02 Å². The van der Waals surface area contributed by atoms with Gasteiger partial charge < -0.3 is 9.25 Å². The molecular weight excluding hydrogens is 382 g/mol. The van der Waals surface area contributed by atoms with Crippen molar-refractivity contribution in [3.8, 4) is 11.5 Å². The molecule has 23 heavy (non-hydrogen) atoms. The van der Waals surface area contributed by atoms with Gasteiger partial charge in [-0.15, -0.1) is 10.2 Å². The number of hydrogen-bond donors (Lipinski definition) is 0. The Labute approximate surface area is 146 Å². The highest BCUT2D eigenvalue weighted by Crippen LogP contribution is 2.20. The summed E-state index contributed by atoms with van der Waals surface area (Å²) in [5.41, 5.74) is 1.73. The minimum atomic E-state index is 0.105. The van der Waals surface area contributed by atoms with Crippen LogP contribution in [0.3, 0.4) is 0 Å². The third-order valence-electron chi connectivity index (χ3n) is 2.89. The number of nitrogens with zero attached hydrogens (tertiary/aromatic N) is 3. The van der Waals surface area contributed by atoms with Crippen molar-refractivity contribution in [2.75, 3.05) is 0 Å². The maximum absolute atomic E-state index is 5.84. The minimum Gasteiger partial charge on any atom is -0.417 e. The lowest BCUT2D eigenvalue weighted by molar-refractivity contribution is 0.112. The van der Waals surface area contributed by atoms with Crippen LogP contribution in [0.15, 0.2) is 62.6 Å². The van der Waals surface area contributed by atoms with E-state index < -0.39 is 0 Å². The molecule has 7 heteroatoms. The van der Waals surface area contributed by atoms with Crippen LogP contribution in [0.25, 0.3) is 11.5 Å². The first-order chi connectivity index (χ1) is 11.2. The molecular formula is C16H11BrClN3O2. The topological polar surface area (TPSA) is 60.5 Å². The van der Waals surface area contributed by atoms with Gasteiger partial charge in [0.1, 0.15) is 0 Å². The van der Waals surface area contributed by atoms with Gasteiger partial charge in [-0.1, -0.05) is 44.8 Å². The van der Waals surface area contributed by atoms with Crippen LogP contribution in [0.4, 0.5) is 0 Å². The lowest BCUT2D eigenvalue weighted by Crippen LogP contribution is -1.88.